The van der Waals surface area contributed by atoms with Crippen LogP contribution in [0.15, 0.2) is 149 Å². The summed E-state index contributed by atoms with van der Waals surface area (Å²) in [6.07, 6.45) is 0. The molecule has 0 unspecified atom stereocenters. The van der Waals surface area contributed by atoms with E-state index in [0.717, 1.165) is 0 Å². The number of rotatable bonds is 2. The molecule has 0 atom stereocenters. The Morgan fingerprint density at radius 1 is 0.450 bits per heavy atom. The molecular weight excluding hydrogens is 502 g/mol. The Balaban J connectivity index is 1.36. The lowest BCUT2D eigenvalue weighted by Crippen LogP contribution is -1.95. The van der Waals surface area contributed by atoms with Crippen molar-refractivity contribution in [2.75, 3.05) is 0 Å². The van der Waals surface area contributed by atoms with E-state index in [-0.39, 0.29) is 0 Å². The van der Waals surface area contributed by atoms with Crippen molar-refractivity contribution in [1.29, 1.82) is 0 Å². The Morgan fingerprint density at radius 2 is 1.23 bits per heavy atom. The largest absolute Gasteiger partial charge is 0.309 e. The first kappa shape index (κ1) is 22.1. The molecule has 1 aromatic heterocycles. The van der Waals surface area contributed by atoms with Crippen molar-refractivity contribution in [3.63, 3.8) is 0 Å². The summed E-state index contributed by atoms with van der Waals surface area (Å²) in [6.45, 7) is 0. The molecule has 0 N–H and O–H groups in total. The highest BCUT2D eigenvalue weighted by molar-refractivity contribution is 7.99. The number of nitrogens with zero attached hydrogens (tertiary/aromatic N) is 1. The maximum absolute atomic E-state index is 2.43. The second-order valence-corrected chi connectivity index (χ2v) is 11.6. The van der Waals surface area contributed by atoms with Crippen molar-refractivity contribution >= 4 is 55.1 Å². The third-order valence-electron chi connectivity index (χ3n) is 8.38. The topological polar surface area (TPSA) is 4.93 Å². The quantitative estimate of drug-likeness (QED) is 0.217. The molecule has 1 nitrogen and oxygen atoms in total. The van der Waals surface area contributed by atoms with E-state index in [9.17, 15) is 0 Å². The SMILES string of the molecule is c1ccc(-n2c3ccccc3c3ccc4ccc(-c5ccc6c7c(cccc57)-c5ccccc5S6)cc4c32)cc1. The molecule has 0 bridgehead atoms. The zero-order valence-corrected chi connectivity index (χ0v) is 22.5. The minimum atomic E-state index is 1.18. The van der Waals surface area contributed by atoms with Crippen molar-refractivity contribution in [2.24, 2.45) is 0 Å². The second-order valence-electron chi connectivity index (χ2n) is 10.5. The Morgan fingerprint density at radius 3 is 2.17 bits per heavy atom. The number of para-hydroxylation sites is 2. The van der Waals surface area contributed by atoms with Crippen LogP contribution in [0, 0.1) is 0 Å². The summed E-state index contributed by atoms with van der Waals surface area (Å²) in [6, 6.07) is 51.2. The maximum atomic E-state index is 2.43. The van der Waals surface area contributed by atoms with Gasteiger partial charge in [-0.1, -0.05) is 115 Å². The fraction of sp³-hybridized carbons (Fsp3) is 0. The fourth-order valence-corrected chi connectivity index (χ4v) is 7.75. The normalized spacial score (nSPS) is 12.4. The van der Waals surface area contributed by atoms with E-state index in [1.165, 1.54) is 81.1 Å². The summed E-state index contributed by atoms with van der Waals surface area (Å²) in [4.78, 5) is 2.66. The van der Waals surface area contributed by atoms with Crippen molar-refractivity contribution < 1.29 is 0 Å². The number of fused-ring (bicyclic) bond motifs is 7. The molecule has 1 aliphatic heterocycles. The molecule has 0 saturated carbocycles. The lowest BCUT2D eigenvalue weighted by atomic mass is 9.91. The number of benzene rings is 7. The van der Waals surface area contributed by atoms with E-state index in [2.05, 4.69) is 144 Å². The average Bonchev–Trinajstić information content (AvgIpc) is 3.37. The van der Waals surface area contributed by atoms with Crippen LogP contribution >= 0.6 is 11.8 Å². The Bertz CT molecular complexity index is 2290. The maximum Gasteiger partial charge on any atom is 0.0619 e. The Kier molecular flexibility index (Phi) is 4.61. The van der Waals surface area contributed by atoms with Gasteiger partial charge in [0.15, 0.2) is 0 Å². The van der Waals surface area contributed by atoms with Gasteiger partial charge in [-0.2, -0.15) is 0 Å². The van der Waals surface area contributed by atoms with Gasteiger partial charge in [0.1, 0.15) is 0 Å². The molecule has 2 heteroatoms. The molecule has 0 amide bonds. The van der Waals surface area contributed by atoms with Crippen molar-refractivity contribution in [1.82, 2.24) is 4.57 Å². The number of aromatic nitrogens is 1. The minimum Gasteiger partial charge on any atom is -0.309 e. The minimum absolute atomic E-state index is 1.18. The van der Waals surface area contributed by atoms with Gasteiger partial charge in [0.05, 0.1) is 11.0 Å². The van der Waals surface area contributed by atoms with Gasteiger partial charge in [-0.15, -0.1) is 0 Å². The van der Waals surface area contributed by atoms with Crippen LogP contribution < -0.4 is 0 Å². The Hall–Kier alpha value is -4.79. The van der Waals surface area contributed by atoms with Crippen molar-refractivity contribution in [2.45, 2.75) is 9.79 Å². The van der Waals surface area contributed by atoms with Gasteiger partial charge < -0.3 is 4.57 Å². The molecule has 7 aromatic carbocycles. The molecular formula is C38H23NS. The first-order chi connectivity index (χ1) is 19.8. The van der Waals surface area contributed by atoms with Gasteiger partial charge in [-0.05, 0) is 69.4 Å². The van der Waals surface area contributed by atoms with Gasteiger partial charge in [-0.25, -0.2) is 0 Å². The van der Waals surface area contributed by atoms with Crippen LogP contribution in [0.1, 0.15) is 0 Å². The predicted molar refractivity (Wildman–Crippen MR) is 171 cm³/mol. The molecule has 9 rings (SSSR count). The third kappa shape index (κ3) is 3.05. The summed E-state index contributed by atoms with van der Waals surface area (Å²) >= 11 is 1.88. The molecule has 0 spiro atoms. The van der Waals surface area contributed by atoms with E-state index < -0.39 is 0 Å². The molecule has 186 valence electrons. The Labute approximate surface area is 236 Å². The van der Waals surface area contributed by atoms with Crippen LogP contribution in [0.4, 0.5) is 0 Å². The van der Waals surface area contributed by atoms with E-state index in [4.69, 9.17) is 0 Å². The number of hydrogen-bond donors (Lipinski definition) is 0. The highest BCUT2D eigenvalue weighted by Gasteiger charge is 2.21. The molecule has 0 saturated heterocycles. The van der Waals surface area contributed by atoms with Gasteiger partial charge in [0, 0.05) is 37.0 Å². The molecule has 40 heavy (non-hydrogen) atoms. The molecule has 8 aromatic rings. The van der Waals surface area contributed by atoms with Gasteiger partial charge in [0.2, 0.25) is 0 Å². The lowest BCUT2D eigenvalue weighted by molar-refractivity contribution is 1.19. The van der Waals surface area contributed by atoms with Crippen LogP contribution in [0.25, 0.3) is 71.3 Å². The average molecular weight is 526 g/mol. The second kappa shape index (κ2) is 8.35. The molecule has 0 aliphatic carbocycles. The predicted octanol–water partition coefficient (Wildman–Crippen LogP) is 10.9. The van der Waals surface area contributed by atoms with Crippen molar-refractivity contribution in [3.05, 3.63) is 140 Å². The first-order valence-corrected chi connectivity index (χ1v) is 14.5. The van der Waals surface area contributed by atoms with Crippen LogP contribution in [0.3, 0.4) is 0 Å². The van der Waals surface area contributed by atoms with Crippen LogP contribution in [-0.4, -0.2) is 4.57 Å². The van der Waals surface area contributed by atoms with Crippen molar-refractivity contribution in [3.8, 4) is 27.9 Å². The fourth-order valence-electron chi connectivity index (χ4n) is 6.62. The van der Waals surface area contributed by atoms with Crippen LogP contribution in [0.5, 0.6) is 0 Å². The number of hydrogen-bond acceptors (Lipinski definition) is 1. The summed E-state index contributed by atoms with van der Waals surface area (Å²) < 4.78 is 2.43. The summed E-state index contributed by atoms with van der Waals surface area (Å²) in [5.41, 5.74) is 8.87. The highest BCUT2D eigenvalue weighted by Crippen LogP contribution is 2.49. The molecule has 1 aliphatic rings. The monoisotopic (exact) mass is 525 g/mol. The molecule has 0 radical (unpaired) electrons. The standard InChI is InChI=1S/C38H23NS/c1-2-9-26(10-3-1)39-34-15-6-4-11-28(34)32-20-19-24-17-18-25(23-33(24)38(32)39)27-21-22-36-37-30(27)13-8-14-31(37)29-12-5-7-16-35(29)40-36/h1-23H. The summed E-state index contributed by atoms with van der Waals surface area (Å²) in [5, 5.41) is 7.77. The lowest BCUT2D eigenvalue weighted by Gasteiger charge is -2.21. The van der Waals surface area contributed by atoms with Gasteiger partial charge in [0.25, 0.3) is 0 Å². The van der Waals surface area contributed by atoms with Crippen LogP contribution in [0.2, 0.25) is 0 Å². The highest BCUT2D eigenvalue weighted by atomic mass is 32.2. The zero-order chi connectivity index (χ0) is 26.2. The van der Waals surface area contributed by atoms with Gasteiger partial charge >= 0.3 is 0 Å². The van der Waals surface area contributed by atoms with Crippen LogP contribution in [-0.2, 0) is 0 Å². The smallest absolute Gasteiger partial charge is 0.0619 e. The van der Waals surface area contributed by atoms with E-state index in [1.807, 2.05) is 11.8 Å². The van der Waals surface area contributed by atoms with E-state index in [1.54, 1.807) is 0 Å². The van der Waals surface area contributed by atoms with Gasteiger partial charge in [-0.3, -0.25) is 0 Å². The zero-order valence-electron chi connectivity index (χ0n) is 21.6. The summed E-state index contributed by atoms with van der Waals surface area (Å²) in [7, 11) is 0. The first-order valence-electron chi connectivity index (χ1n) is 13.7. The van der Waals surface area contributed by atoms with E-state index >= 15 is 0 Å². The molecule has 0 fully saturated rings. The molecule has 2 heterocycles. The summed E-state index contributed by atoms with van der Waals surface area (Å²) in [5.74, 6) is 0. The third-order valence-corrected chi connectivity index (χ3v) is 9.51. The van der Waals surface area contributed by atoms with E-state index in [0.29, 0.717) is 0 Å².